The van der Waals surface area contributed by atoms with E-state index in [-0.39, 0.29) is 5.78 Å². The highest BCUT2D eigenvalue weighted by Gasteiger charge is 2.23. The second-order valence-corrected chi connectivity index (χ2v) is 5.74. The molecule has 0 unspecified atom stereocenters. The number of Topliss-reactive ketones (excluding diaryl/α,β-unsaturated/α-hetero) is 1. The second-order valence-electron chi connectivity index (χ2n) is 5.74. The van der Waals surface area contributed by atoms with Crippen LogP contribution in [0.3, 0.4) is 0 Å². The van der Waals surface area contributed by atoms with Crippen molar-refractivity contribution in [3.63, 3.8) is 0 Å². The van der Waals surface area contributed by atoms with E-state index < -0.39 is 11.2 Å². The van der Waals surface area contributed by atoms with E-state index in [9.17, 15) is 14.4 Å². The molecule has 116 valence electrons. The number of H-pyrrole nitrogens is 1. The molecule has 1 N–H and O–H groups in total. The summed E-state index contributed by atoms with van der Waals surface area (Å²) < 4.78 is 1.52. The van der Waals surface area contributed by atoms with Gasteiger partial charge in [-0.15, -0.1) is 0 Å². The number of ketones is 1. The molecule has 0 saturated carbocycles. The lowest BCUT2D eigenvalue weighted by molar-refractivity contribution is 0.0972. The van der Waals surface area contributed by atoms with Crippen molar-refractivity contribution in [2.45, 2.75) is 52.0 Å². The van der Waals surface area contributed by atoms with Gasteiger partial charge >= 0.3 is 5.69 Å². The Kier molecular flexibility index (Phi) is 3.92. The van der Waals surface area contributed by atoms with Crippen molar-refractivity contribution in [2.75, 3.05) is 0 Å². The number of aromatic nitrogens is 3. The number of aryl methyl sites for hydroxylation is 2. The van der Waals surface area contributed by atoms with Gasteiger partial charge < -0.3 is 0 Å². The number of nitrogens with one attached hydrogen (secondary N) is 1. The Hall–Kier alpha value is -2.24. The molecule has 6 nitrogen and oxygen atoms in total. The largest absolute Gasteiger partial charge is 0.329 e. The molecule has 2 aromatic rings. The molecule has 0 amide bonds. The molecule has 2 aromatic heterocycles. The van der Waals surface area contributed by atoms with E-state index in [2.05, 4.69) is 16.9 Å². The molecule has 3 rings (SSSR count). The highest BCUT2D eigenvalue weighted by Crippen LogP contribution is 2.25. The Morgan fingerprint density at radius 3 is 2.82 bits per heavy atom. The minimum atomic E-state index is -0.439. The number of rotatable bonds is 4. The molecule has 6 heteroatoms. The molecule has 0 fully saturated rings. The molecule has 0 aromatic carbocycles. The predicted molar refractivity (Wildman–Crippen MR) is 83.4 cm³/mol. The Bertz CT molecular complexity index is 848. The van der Waals surface area contributed by atoms with Crippen molar-refractivity contribution >= 4 is 16.8 Å². The Labute approximate surface area is 127 Å². The summed E-state index contributed by atoms with van der Waals surface area (Å²) in [6.07, 6.45) is 6.34. The SMILES string of the molecule is CCCCCn1c(=O)[nH]c(=O)c2c3c(cnc21)C(=O)CCC3. The first-order chi connectivity index (χ1) is 10.6. The van der Waals surface area contributed by atoms with Gasteiger partial charge in [-0.2, -0.15) is 0 Å². The van der Waals surface area contributed by atoms with Crippen LogP contribution in [0.5, 0.6) is 0 Å². The highest BCUT2D eigenvalue weighted by molar-refractivity contribution is 6.01. The van der Waals surface area contributed by atoms with E-state index in [1.54, 1.807) is 0 Å². The van der Waals surface area contributed by atoms with Crippen molar-refractivity contribution in [1.82, 2.24) is 14.5 Å². The smallest absolute Gasteiger partial charge is 0.294 e. The summed E-state index contributed by atoms with van der Waals surface area (Å²) >= 11 is 0. The average Bonchev–Trinajstić information content (AvgIpc) is 2.50. The van der Waals surface area contributed by atoms with Crippen molar-refractivity contribution in [3.05, 3.63) is 38.2 Å². The molecule has 0 saturated heterocycles. The standard InChI is InChI=1S/C16H19N3O3/c1-2-3-4-8-19-14-13(15(21)18-16(19)22)10-6-5-7-12(20)11(10)9-17-14/h9H,2-8H2,1H3,(H,18,21,22). The predicted octanol–water partition coefficient (Wildman–Crippen LogP) is 1.79. The fourth-order valence-corrected chi connectivity index (χ4v) is 3.09. The van der Waals surface area contributed by atoms with Crippen molar-refractivity contribution in [3.8, 4) is 0 Å². The first-order valence-electron chi connectivity index (χ1n) is 7.81. The zero-order valence-corrected chi connectivity index (χ0v) is 12.6. The molecule has 0 spiro atoms. The van der Waals surface area contributed by atoms with Gasteiger partial charge in [0.25, 0.3) is 5.56 Å². The van der Waals surface area contributed by atoms with Crippen LogP contribution in [0.15, 0.2) is 15.8 Å². The summed E-state index contributed by atoms with van der Waals surface area (Å²) in [6, 6.07) is 0. The summed E-state index contributed by atoms with van der Waals surface area (Å²) in [7, 11) is 0. The molecule has 2 heterocycles. The molecule has 22 heavy (non-hydrogen) atoms. The number of pyridine rings is 1. The maximum atomic E-state index is 12.2. The first-order valence-corrected chi connectivity index (χ1v) is 7.81. The lowest BCUT2D eigenvalue weighted by Crippen LogP contribution is -2.32. The molecule has 0 radical (unpaired) electrons. The van der Waals surface area contributed by atoms with E-state index in [0.29, 0.717) is 36.0 Å². The van der Waals surface area contributed by atoms with Crippen LogP contribution in [0.2, 0.25) is 0 Å². The third-order valence-corrected chi connectivity index (χ3v) is 4.23. The topological polar surface area (TPSA) is 84.8 Å². The van der Waals surface area contributed by atoms with Crippen LogP contribution >= 0.6 is 0 Å². The number of hydrogen-bond donors (Lipinski definition) is 1. The number of aromatic amines is 1. The summed E-state index contributed by atoms with van der Waals surface area (Å²) in [5.41, 5.74) is 0.807. The molecular weight excluding hydrogens is 282 g/mol. The van der Waals surface area contributed by atoms with Gasteiger partial charge in [-0.05, 0) is 24.8 Å². The van der Waals surface area contributed by atoms with Crippen LogP contribution in [0, 0.1) is 0 Å². The number of carbonyl (C=O) groups is 1. The number of nitrogens with zero attached hydrogens (tertiary/aromatic N) is 2. The molecule has 1 aliphatic carbocycles. The quantitative estimate of drug-likeness (QED) is 0.873. The third kappa shape index (κ3) is 2.38. The number of hydrogen-bond acceptors (Lipinski definition) is 4. The van der Waals surface area contributed by atoms with E-state index >= 15 is 0 Å². The second kappa shape index (κ2) is 5.87. The van der Waals surface area contributed by atoms with Crippen LogP contribution in [0.1, 0.15) is 54.9 Å². The van der Waals surface area contributed by atoms with Gasteiger partial charge in [0.15, 0.2) is 5.78 Å². The maximum Gasteiger partial charge on any atom is 0.329 e. The minimum Gasteiger partial charge on any atom is -0.294 e. The van der Waals surface area contributed by atoms with Crippen LogP contribution < -0.4 is 11.2 Å². The summed E-state index contributed by atoms with van der Waals surface area (Å²) in [5.74, 6) is 0.0267. The maximum absolute atomic E-state index is 12.2. The average molecular weight is 301 g/mol. The first kappa shape index (κ1) is 14.7. The number of fused-ring (bicyclic) bond motifs is 3. The Morgan fingerprint density at radius 1 is 1.23 bits per heavy atom. The normalized spacial score (nSPS) is 14.3. The zero-order chi connectivity index (χ0) is 15.7. The van der Waals surface area contributed by atoms with E-state index in [1.165, 1.54) is 10.8 Å². The zero-order valence-electron chi connectivity index (χ0n) is 12.6. The summed E-state index contributed by atoms with van der Waals surface area (Å²) in [6.45, 7) is 2.62. The van der Waals surface area contributed by atoms with Crippen LogP contribution in [0.25, 0.3) is 11.0 Å². The highest BCUT2D eigenvalue weighted by atomic mass is 16.2. The lowest BCUT2D eigenvalue weighted by atomic mass is 9.90. The lowest BCUT2D eigenvalue weighted by Gasteiger charge is -2.17. The van der Waals surface area contributed by atoms with Gasteiger partial charge in [0.2, 0.25) is 0 Å². The molecule has 0 atom stereocenters. The van der Waals surface area contributed by atoms with Crippen LogP contribution in [0.4, 0.5) is 0 Å². The molecule has 0 aliphatic heterocycles. The number of carbonyl (C=O) groups excluding carboxylic acids is 1. The Balaban J connectivity index is 2.24. The summed E-state index contributed by atoms with van der Waals surface area (Å²) in [5, 5.41) is 0.404. The van der Waals surface area contributed by atoms with Crippen molar-refractivity contribution < 1.29 is 4.79 Å². The van der Waals surface area contributed by atoms with Crippen LogP contribution in [-0.4, -0.2) is 20.3 Å². The molecule has 0 bridgehead atoms. The molecular formula is C16H19N3O3. The Morgan fingerprint density at radius 2 is 2.05 bits per heavy atom. The third-order valence-electron chi connectivity index (χ3n) is 4.23. The van der Waals surface area contributed by atoms with Gasteiger partial charge in [0.05, 0.1) is 5.39 Å². The van der Waals surface area contributed by atoms with Gasteiger partial charge in [0, 0.05) is 24.7 Å². The molecule has 1 aliphatic rings. The van der Waals surface area contributed by atoms with Crippen molar-refractivity contribution in [1.29, 1.82) is 0 Å². The number of unbranched alkanes of at least 4 members (excludes halogenated alkanes) is 2. The fraction of sp³-hybridized carbons (Fsp3) is 0.500. The van der Waals surface area contributed by atoms with E-state index in [1.807, 2.05) is 0 Å². The van der Waals surface area contributed by atoms with E-state index in [4.69, 9.17) is 0 Å². The van der Waals surface area contributed by atoms with Crippen LogP contribution in [-0.2, 0) is 13.0 Å². The van der Waals surface area contributed by atoms with E-state index in [0.717, 1.165) is 31.2 Å². The minimum absolute atomic E-state index is 0.0267. The van der Waals surface area contributed by atoms with Gasteiger partial charge in [0.1, 0.15) is 5.65 Å². The van der Waals surface area contributed by atoms with Gasteiger partial charge in [-0.3, -0.25) is 19.1 Å². The summed E-state index contributed by atoms with van der Waals surface area (Å²) in [4.78, 5) is 42.9. The van der Waals surface area contributed by atoms with Crippen molar-refractivity contribution in [2.24, 2.45) is 0 Å². The fourth-order valence-electron chi connectivity index (χ4n) is 3.09. The monoisotopic (exact) mass is 301 g/mol. The van der Waals surface area contributed by atoms with Gasteiger partial charge in [-0.25, -0.2) is 9.78 Å². The van der Waals surface area contributed by atoms with Gasteiger partial charge in [-0.1, -0.05) is 19.8 Å².